The molecule has 0 N–H and O–H groups in total. The van der Waals surface area contributed by atoms with Crippen LogP contribution in [-0.4, -0.2) is 15.8 Å². The van der Waals surface area contributed by atoms with Gasteiger partial charge in [0.25, 0.3) is 5.91 Å². The van der Waals surface area contributed by atoms with Crippen molar-refractivity contribution in [3.8, 4) is 0 Å². The lowest BCUT2D eigenvalue weighted by atomic mass is 10.4. The zero-order valence-electron chi connectivity index (χ0n) is 7.25. The second-order valence-corrected chi connectivity index (χ2v) is 2.32. The van der Waals surface area contributed by atoms with Crippen molar-refractivity contribution < 1.29 is 9.72 Å². The summed E-state index contributed by atoms with van der Waals surface area (Å²) in [5.41, 5.74) is -0.0345. The maximum Gasteiger partial charge on any atom is 0.391 e. The normalized spacial score (nSPS) is 10.4. The monoisotopic (exact) mass is 194 g/mol. The number of rotatable bonds is 2. The number of hydrogen-bond acceptors (Lipinski definition) is 5. The number of nitro groups is 1. The van der Waals surface area contributed by atoms with Gasteiger partial charge in [0.2, 0.25) is 0 Å². The van der Waals surface area contributed by atoms with Crippen LogP contribution in [-0.2, 0) is 4.79 Å². The highest BCUT2D eigenvalue weighted by atomic mass is 16.6. The Balaban J connectivity index is 3.07. The van der Waals surface area contributed by atoms with E-state index in [1.165, 1.54) is 25.3 Å². The van der Waals surface area contributed by atoms with Gasteiger partial charge < -0.3 is 10.1 Å². The molecule has 1 amide bonds. The summed E-state index contributed by atoms with van der Waals surface area (Å²) < 4.78 is 0. The second kappa shape index (κ2) is 4.17. The molecule has 0 saturated heterocycles. The van der Waals surface area contributed by atoms with E-state index in [0.717, 1.165) is 0 Å². The summed E-state index contributed by atoms with van der Waals surface area (Å²) in [6.07, 6.45) is 1.27. The summed E-state index contributed by atoms with van der Waals surface area (Å²) in [6, 6.07) is 2.83. The summed E-state index contributed by atoms with van der Waals surface area (Å²) in [5, 5.41) is 17.0. The molecule has 0 aromatic carbocycles. The summed E-state index contributed by atoms with van der Waals surface area (Å²) in [5.74, 6) is -0.944. The van der Waals surface area contributed by atoms with Gasteiger partial charge in [0.15, 0.2) is 5.69 Å². The van der Waals surface area contributed by atoms with Crippen LogP contribution in [0.3, 0.4) is 0 Å². The van der Waals surface area contributed by atoms with Crippen LogP contribution in [0.5, 0.6) is 0 Å². The van der Waals surface area contributed by atoms with Gasteiger partial charge in [-0.05, 0) is 22.0 Å². The number of pyridine rings is 1. The van der Waals surface area contributed by atoms with Gasteiger partial charge in [0.1, 0.15) is 6.20 Å². The zero-order chi connectivity index (χ0) is 10.6. The molecule has 0 aliphatic carbocycles. The molecule has 0 unspecified atom stereocenters. The fourth-order valence-electron chi connectivity index (χ4n) is 0.731. The van der Waals surface area contributed by atoms with Crippen LogP contribution in [0.4, 0.5) is 11.5 Å². The van der Waals surface area contributed by atoms with Gasteiger partial charge in [-0.15, -0.1) is 10.2 Å². The van der Waals surface area contributed by atoms with Crippen LogP contribution in [0.15, 0.2) is 28.6 Å². The highest BCUT2D eigenvalue weighted by molar-refractivity contribution is 5.73. The summed E-state index contributed by atoms with van der Waals surface area (Å²) >= 11 is 0. The first-order valence-electron chi connectivity index (χ1n) is 3.63. The Bertz CT molecular complexity index is 402. The van der Waals surface area contributed by atoms with Crippen LogP contribution in [0, 0.1) is 10.1 Å². The van der Waals surface area contributed by atoms with Gasteiger partial charge in [-0.3, -0.25) is 4.79 Å². The second-order valence-electron chi connectivity index (χ2n) is 2.32. The van der Waals surface area contributed by atoms with Crippen molar-refractivity contribution in [2.75, 3.05) is 0 Å². The first kappa shape index (κ1) is 9.90. The van der Waals surface area contributed by atoms with E-state index in [-0.39, 0.29) is 5.69 Å². The molecule has 0 aliphatic heterocycles. The van der Waals surface area contributed by atoms with Gasteiger partial charge in [-0.25, -0.2) is 0 Å². The van der Waals surface area contributed by atoms with Crippen LogP contribution < -0.4 is 0 Å². The minimum absolute atomic E-state index is 0.0345. The van der Waals surface area contributed by atoms with E-state index in [4.69, 9.17) is 0 Å². The average Bonchev–Trinajstić information content (AvgIpc) is 2.15. The SMILES string of the molecule is CC(=O)N=Nc1cccnc1[N+](=O)[O-]. The summed E-state index contributed by atoms with van der Waals surface area (Å²) in [6.45, 7) is 1.20. The van der Waals surface area contributed by atoms with Gasteiger partial charge in [0.05, 0.1) is 0 Å². The Morgan fingerprint density at radius 1 is 1.64 bits per heavy atom. The van der Waals surface area contributed by atoms with E-state index in [1.54, 1.807) is 0 Å². The molecule has 14 heavy (non-hydrogen) atoms. The van der Waals surface area contributed by atoms with Crippen LogP contribution in [0.1, 0.15) is 6.92 Å². The van der Waals surface area contributed by atoms with Crippen molar-refractivity contribution in [3.05, 3.63) is 28.4 Å². The van der Waals surface area contributed by atoms with Crippen LogP contribution >= 0.6 is 0 Å². The third kappa shape index (κ3) is 2.41. The molecule has 0 aliphatic rings. The first-order valence-corrected chi connectivity index (χ1v) is 3.63. The largest absolute Gasteiger partial charge is 0.391 e. The number of aromatic nitrogens is 1. The lowest BCUT2D eigenvalue weighted by Gasteiger charge is -1.93. The topological polar surface area (TPSA) is 97.8 Å². The van der Waals surface area contributed by atoms with E-state index >= 15 is 0 Å². The fourth-order valence-corrected chi connectivity index (χ4v) is 0.731. The molecule has 7 nitrogen and oxygen atoms in total. The summed E-state index contributed by atoms with van der Waals surface area (Å²) in [7, 11) is 0. The zero-order valence-corrected chi connectivity index (χ0v) is 7.25. The lowest BCUT2D eigenvalue weighted by molar-refractivity contribution is -0.388. The third-order valence-corrected chi connectivity index (χ3v) is 1.24. The molecule has 0 bridgehead atoms. The van der Waals surface area contributed by atoms with Gasteiger partial charge in [-0.2, -0.15) is 0 Å². The van der Waals surface area contributed by atoms with Crippen molar-refractivity contribution in [1.82, 2.24) is 4.98 Å². The highest BCUT2D eigenvalue weighted by Gasteiger charge is 2.13. The van der Waals surface area contributed by atoms with Crippen LogP contribution in [0.2, 0.25) is 0 Å². The van der Waals surface area contributed by atoms with Crippen molar-refractivity contribution >= 4 is 17.4 Å². The van der Waals surface area contributed by atoms with Crippen molar-refractivity contribution in [1.29, 1.82) is 0 Å². The summed E-state index contributed by atoms with van der Waals surface area (Å²) in [4.78, 5) is 23.7. The Morgan fingerprint density at radius 3 is 2.93 bits per heavy atom. The molecular weight excluding hydrogens is 188 g/mol. The van der Waals surface area contributed by atoms with E-state index in [1.807, 2.05) is 0 Å². The molecule has 7 heteroatoms. The Morgan fingerprint density at radius 2 is 2.36 bits per heavy atom. The molecular formula is C7H6N4O3. The molecule has 1 rings (SSSR count). The number of amides is 1. The smallest absolute Gasteiger partial charge is 0.358 e. The molecule has 0 radical (unpaired) electrons. The van der Waals surface area contributed by atoms with E-state index in [9.17, 15) is 14.9 Å². The van der Waals surface area contributed by atoms with E-state index in [2.05, 4.69) is 15.2 Å². The molecule has 0 fully saturated rings. The molecule has 0 spiro atoms. The minimum Gasteiger partial charge on any atom is -0.358 e. The Labute approximate surface area is 78.6 Å². The number of carbonyl (C=O) groups is 1. The molecule has 1 heterocycles. The van der Waals surface area contributed by atoms with Crippen molar-refractivity contribution in [2.24, 2.45) is 10.2 Å². The quantitative estimate of drug-likeness (QED) is 0.405. The standard InChI is InChI=1S/C7H6N4O3/c1-5(12)9-10-6-3-2-4-8-7(6)11(13)14/h2-4H,1H3. The average molecular weight is 194 g/mol. The maximum absolute atomic E-state index is 10.4. The molecule has 0 saturated carbocycles. The van der Waals surface area contributed by atoms with Gasteiger partial charge in [-0.1, -0.05) is 0 Å². The Kier molecular flexibility index (Phi) is 2.95. The number of carbonyl (C=O) groups excluding carboxylic acids is 1. The first-order chi connectivity index (χ1) is 6.61. The maximum atomic E-state index is 10.4. The predicted molar refractivity (Wildman–Crippen MR) is 46.1 cm³/mol. The predicted octanol–water partition coefficient (Wildman–Crippen LogP) is 1.62. The van der Waals surface area contributed by atoms with Gasteiger partial charge >= 0.3 is 5.82 Å². The fraction of sp³-hybridized carbons (Fsp3) is 0.143. The third-order valence-electron chi connectivity index (χ3n) is 1.24. The Hall–Kier alpha value is -2.18. The van der Waals surface area contributed by atoms with Crippen LogP contribution in [0.25, 0.3) is 0 Å². The lowest BCUT2D eigenvalue weighted by Crippen LogP contribution is -1.91. The minimum atomic E-state index is -0.686. The highest BCUT2D eigenvalue weighted by Crippen LogP contribution is 2.23. The number of hydrogen-bond donors (Lipinski definition) is 0. The number of azo groups is 1. The molecule has 1 aromatic rings. The molecule has 1 aromatic heterocycles. The van der Waals surface area contributed by atoms with E-state index in [0.29, 0.717) is 0 Å². The van der Waals surface area contributed by atoms with Gasteiger partial charge in [0, 0.05) is 6.92 Å². The van der Waals surface area contributed by atoms with E-state index < -0.39 is 16.6 Å². The van der Waals surface area contributed by atoms with Crippen molar-refractivity contribution in [3.63, 3.8) is 0 Å². The number of nitrogens with zero attached hydrogens (tertiary/aromatic N) is 4. The molecule has 72 valence electrons. The molecule has 0 atom stereocenters. The van der Waals surface area contributed by atoms with Crippen molar-refractivity contribution in [2.45, 2.75) is 6.92 Å².